The molecule has 0 atom stereocenters. The third-order valence-corrected chi connectivity index (χ3v) is 5.23. The second kappa shape index (κ2) is 9.02. The molecule has 0 aliphatic rings. The van der Waals surface area contributed by atoms with Crippen molar-refractivity contribution < 1.29 is 9.53 Å². The molecule has 2 rings (SSSR count). The Balaban J connectivity index is 1.83. The number of nitrogens with one attached hydrogen (secondary N) is 1. The summed E-state index contributed by atoms with van der Waals surface area (Å²) in [6, 6.07) is 0. The van der Waals surface area contributed by atoms with Gasteiger partial charge in [0.1, 0.15) is 10.0 Å². The molecule has 0 aliphatic carbocycles. The van der Waals surface area contributed by atoms with E-state index in [2.05, 4.69) is 10.3 Å². The summed E-state index contributed by atoms with van der Waals surface area (Å²) in [5.41, 5.74) is 0. The largest absolute Gasteiger partial charge is 0.481 e. The smallest absolute Gasteiger partial charge is 0.257 e. The number of benzene rings is 1. The molecule has 0 radical (unpaired) electrons. The Labute approximate surface area is 163 Å². The predicted molar refractivity (Wildman–Crippen MR) is 96.8 cm³/mol. The first-order valence-electron chi connectivity index (χ1n) is 6.78. The van der Waals surface area contributed by atoms with Crippen molar-refractivity contribution in [2.45, 2.75) is 13.0 Å². The van der Waals surface area contributed by atoms with Crippen LogP contribution in [-0.4, -0.2) is 28.6 Å². The van der Waals surface area contributed by atoms with E-state index in [4.69, 9.17) is 62.7 Å². The molecule has 1 amide bonds. The van der Waals surface area contributed by atoms with Crippen molar-refractivity contribution in [1.82, 2.24) is 14.9 Å². The SMILES string of the molecule is O=C(COc1c(Cl)c(Cl)c(Cl)c(Cl)c1Cl)NCCCn1ccnc1. The molecule has 1 heterocycles. The van der Waals surface area contributed by atoms with Gasteiger partial charge in [-0.2, -0.15) is 0 Å². The van der Waals surface area contributed by atoms with Crippen molar-refractivity contribution in [1.29, 1.82) is 0 Å². The van der Waals surface area contributed by atoms with Gasteiger partial charge < -0.3 is 14.6 Å². The highest BCUT2D eigenvalue weighted by Gasteiger charge is 2.21. The van der Waals surface area contributed by atoms with Crippen molar-refractivity contribution in [2.75, 3.05) is 13.2 Å². The molecule has 0 spiro atoms. The van der Waals surface area contributed by atoms with Crippen LogP contribution >= 0.6 is 58.0 Å². The van der Waals surface area contributed by atoms with E-state index < -0.39 is 0 Å². The average molecular weight is 432 g/mol. The molecule has 10 heteroatoms. The van der Waals surface area contributed by atoms with E-state index in [0.29, 0.717) is 6.54 Å². The Bertz CT molecular complexity index is 693. The van der Waals surface area contributed by atoms with E-state index in [1.54, 1.807) is 12.5 Å². The lowest BCUT2D eigenvalue weighted by atomic mass is 10.3. The average Bonchev–Trinajstić information content (AvgIpc) is 3.08. The van der Waals surface area contributed by atoms with Gasteiger partial charge in [0.05, 0.1) is 21.4 Å². The molecule has 24 heavy (non-hydrogen) atoms. The van der Waals surface area contributed by atoms with Crippen LogP contribution in [0.5, 0.6) is 5.75 Å². The van der Waals surface area contributed by atoms with E-state index in [1.165, 1.54) is 0 Å². The summed E-state index contributed by atoms with van der Waals surface area (Å²) in [5, 5.41) is 2.79. The number of hydrogen-bond acceptors (Lipinski definition) is 3. The van der Waals surface area contributed by atoms with Crippen LogP contribution in [0.15, 0.2) is 18.7 Å². The lowest BCUT2D eigenvalue weighted by Crippen LogP contribution is -2.30. The summed E-state index contributed by atoms with van der Waals surface area (Å²) < 4.78 is 7.25. The number of rotatable bonds is 7. The zero-order valence-electron chi connectivity index (χ0n) is 12.2. The molecule has 0 unspecified atom stereocenters. The van der Waals surface area contributed by atoms with Crippen LogP contribution in [0.2, 0.25) is 25.1 Å². The number of nitrogens with zero attached hydrogens (tertiary/aromatic N) is 2. The molecule has 0 fully saturated rings. The maximum atomic E-state index is 11.8. The first-order valence-corrected chi connectivity index (χ1v) is 8.67. The molecule has 0 saturated carbocycles. The quantitative estimate of drug-likeness (QED) is 0.392. The van der Waals surface area contributed by atoms with E-state index in [0.717, 1.165) is 13.0 Å². The molecule has 2 aromatic rings. The summed E-state index contributed by atoms with van der Waals surface area (Å²) in [7, 11) is 0. The second-order valence-electron chi connectivity index (χ2n) is 4.69. The minimum Gasteiger partial charge on any atom is -0.481 e. The van der Waals surface area contributed by atoms with E-state index in [9.17, 15) is 4.79 Å². The number of hydrogen-bond donors (Lipinski definition) is 1. The fourth-order valence-corrected chi connectivity index (χ4v) is 3.04. The van der Waals surface area contributed by atoms with Gasteiger partial charge in [-0.05, 0) is 6.42 Å². The molecule has 1 N–H and O–H groups in total. The number of carbonyl (C=O) groups is 1. The highest BCUT2D eigenvalue weighted by atomic mass is 35.5. The maximum absolute atomic E-state index is 11.8. The molecule has 0 saturated heterocycles. The summed E-state index contributed by atoms with van der Waals surface area (Å²) in [6.07, 6.45) is 6.01. The van der Waals surface area contributed by atoms with Gasteiger partial charge in [0, 0.05) is 25.5 Å². The van der Waals surface area contributed by atoms with Crippen LogP contribution in [-0.2, 0) is 11.3 Å². The molecule has 5 nitrogen and oxygen atoms in total. The predicted octanol–water partition coefficient (Wildman–Crippen LogP) is 4.74. The number of ether oxygens (including phenoxy) is 1. The first kappa shape index (κ1) is 19.5. The highest BCUT2D eigenvalue weighted by molar-refractivity contribution is 6.55. The first-order chi connectivity index (χ1) is 11.4. The topological polar surface area (TPSA) is 56.1 Å². The number of amides is 1. The highest BCUT2D eigenvalue weighted by Crippen LogP contribution is 2.48. The van der Waals surface area contributed by atoms with Gasteiger partial charge in [-0.1, -0.05) is 58.0 Å². The molecular formula is C14H12Cl5N3O2. The summed E-state index contributed by atoms with van der Waals surface area (Å²) >= 11 is 29.8. The zero-order chi connectivity index (χ0) is 17.7. The lowest BCUT2D eigenvalue weighted by molar-refractivity contribution is -0.123. The van der Waals surface area contributed by atoms with E-state index in [-0.39, 0.29) is 43.4 Å². The minimum atomic E-state index is -0.324. The van der Waals surface area contributed by atoms with Gasteiger partial charge in [-0.15, -0.1) is 0 Å². The van der Waals surface area contributed by atoms with Crippen molar-refractivity contribution in [3.05, 3.63) is 43.8 Å². The third kappa shape index (κ3) is 4.83. The maximum Gasteiger partial charge on any atom is 0.257 e. The fourth-order valence-electron chi connectivity index (χ4n) is 1.81. The van der Waals surface area contributed by atoms with Crippen LogP contribution in [0.25, 0.3) is 0 Å². The van der Waals surface area contributed by atoms with Crippen LogP contribution in [0.1, 0.15) is 6.42 Å². The van der Waals surface area contributed by atoms with Gasteiger partial charge in [-0.25, -0.2) is 4.98 Å². The Hall–Kier alpha value is -0.850. The zero-order valence-corrected chi connectivity index (χ0v) is 15.9. The number of carbonyl (C=O) groups excluding carboxylic acids is 1. The van der Waals surface area contributed by atoms with Gasteiger partial charge in [-0.3, -0.25) is 4.79 Å². The van der Waals surface area contributed by atoms with Crippen LogP contribution in [0.3, 0.4) is 0 Å². The number of imidazole rings is 1. The summed E-state index contributed by atoms with van der Waals surface area (Å²) in [5.74, 6) is -0.304. The van der Waals surface area contributed by atoms with Gasteiger partial charge in [0.15, 0.2) is 12.4 Å². The molecule has 130 valence electrons. The molecular weight excluding hydrogens is 419 g/mol. The van der Waals surface area contributed by atoms with Crippen LogP contribution in [0.4, 0.5) is 0 Å². The van der Waals surface area contributed by atoms with E-state index >= 15 is 0 Å². The fraction of sp³-hybridized carbons (Fsp3) is 0.286. The molecule has 1 aromatic heterocycles. The van der Waals surface area contributed by atoms with Crippen LogP contribution < -0.4 is 10.1 Å². The van der Waals surface area contributed by atoms with Gasteiger partial charge in [0.25, 0.3) is 5.91 Å². The standard InChI is InChI=1S/C14H12Cl5N3O2/c15-9-10(16)12(18)14(13(19)11(9)17)24-6-8(23)21-2-1-4-22-5-3-20-7-22/h3,5,7H,1-2,4,6H2,(H,21,23). The second-order valence-corrected chi connectivity index (χ2v) is 6.58. The third-order valence-electron chi connectivity index (χ3n) is 2.99. The monoisotopic (exact) mass is 429 g/mol. The van der Waals surface area contributed by atoms with Crippen LogP contribution in [0, 0.1) is 0 Å². The Morgan fingerprint density at radius 3 is 2.29 bits per heavy atom. The molecule has 0 aliphatic heterocycles. The van der Waals surface area contributed by atoms with Crippen molar-refractivity contribution in [2.24, 2.45) is 0 Å². The minimum absolute atomic E-state index is 0.00368. The number of aryl methyl sites for hydroxylation is 1. The molecule has 1 aromatic carbocycles. The summed E-state index contributed by atoms with van der Waals surface area (Å²) in [4.78, 5) is 15.7. The number of aromatic nitrogens is 2. The van der Waals surface area contributed by atoms with Crippen molar-refractivity contribution in [3.8, 4) is 5.75 Å². The van der Waals surface area contributed by atoms with Crippen molar-refractivity contribution in [3.63, 3.8) is 0 Å². The normalized spacial score (nSPS) is 10.7. The Kier molecular flexibility index (Phi) is 7.32. The Morgan fingerprint density at radius 1 is 1.08 bits per heavy atom. The van der Waals surface area contributed by atoms with Gasteiger partial charge in [0.2, 0.25) is 0 Å². The number of halogens is 5. The molecule has 0 bridgehead atoms. The van der Waals surface area contributed by atoms with Gasteiger partial charge >= 0.3 is 0 Å². The van der Waals surface area contributed by atoms with Crippen molar-refractivity contribution >= 4 is 63.9 Å². The summed E-state index contributed by atoms with van der Waals surface area (Å²) in [6.45, 7) is 0.962. The Morgan fingerprint density at radius 2 is 1.71 bits per heavy atom. The van der Waals surface area contributed by atoms with E-state index in [1.807, 2.05) is 10.8 Å². The lowest BCUT2D eigenvalue weighted by Gasteiger charge is -2.13.